The van der Waals surface area contributed by atoms with E-state index < -0.39 is 23.8 Å². The van der Waals surface area contributed by atoms with E-state index in [2.05, 4.69) is 25.4 Å². The molecule has 0 amide bonds. The molecule has 1 fully saturated rings. The first-order chi connectivity index (χ1) is 14.8. The predicted molar refractivity (Wildman–Crippen MR) is 113 cm³/mol. The third kappa shape index (κ3) is 4.27. The summed E-state index contributed by atoms with van der Waals surface area (Å²) in [5, 5.41) is 12.3. The Bertz CT molecular complexity index is 1090. The van der Waals surface area contributed by atoms with Gasteiger partial charge in [-0.1, -0.05) is 18.2 Å². The number of halogens is 3. The van der Waals surface area contributed by atoms with Gasteiger partial charge in [0.2, 0.25) is 0 Å². The van der Waals surface area contributed by atoms with Crippen molar-refractivity contribution in [3.63, 3.8) is 0 Å². The number of fused-ring (bicyclic) bond motifs is 1. The topological polar surface area (TPSA) is 63.2 Å². The molecule has 4 rings (SSSR count). The zero-order chi connectivity index (χ0) is 22.1. The van der Waals surface area contributed by atoms with Gasteiger partial charge in [-0.15, -0.1) is 5.10 Å². The quantitative estimate of drug-likeness (QED) is 0.626. The lowest BCUT2D eigenvalue weighted by Gasteiger charge is -2.32. The summed E-state index contributed by atoms with van der Waals surface area (Å²) in [4.78, 5) is 6.77. The molecule has 1 aliphatic heterocycles. The van der Waals surface area contributed by atoms with Crippen LogP contribution in [-0.4, -0.2) is 41.0 Å². The summed E-state index contributed by atoms with van der Waals surface area (Å²) in [5.74, 6) is -0.492. The van der Waals surface area contributed by atoms with Gasteiger partial charge in [-0.05, 0) is 26.8 Å². The molecular formula is C22H24F3N5O. The second-order valence-electron chi connectivity index (χ2n) is 7.77. The average Bonchev–Trinajstić information content (AvgIpc) is 2.75. The maximum atomic E-state index is 14.6. The molecule has 3 heterocycles. The van der Waals surface area contributed by atoms with Crippen LogP contribution in [0.1, 0.15) is 43.1 Å². The maximum absolute atomic E-state index is 14.6. The summed E-state index contributed by atoms with van der Waals surface area (Å²) < 4.78 is 46.4. The van der Waals surface area contributed by atoms with Crippen LogP contribution >= 0.6 is 0 Å². The van der Waals surface area contributed by atoms with Gasteiger partial charge in [-0.25, -0.2) is 13.2 Å². The average molecular weight is 431 g/mol. The minimum Gasteiger partial charge on any atom is -0.375 e. The molecule has 0 aliphatic carbocycles. The van der Waals surface area contributed by atoms with Gasteiger partial charge >= 0.3 is 0 Å². The molecule has 1 aliphatic rings. The normalized spacial score (nSPS) is 17.9. The number of nitrogens with zero attached hydrogens (tertiary/aromatic N) is 4. The molecule has 0 bridgehead atoms. The highest BCUT2D eigenvalue weighted by Crippen LogP contribution is 2.31. The number of nitrogens with one attached hydrogen (secondary N) is 1. The molecule has 6 nitrogen and oxygen atoms in total. The number of pyridine rings is 1. The standard InChI is InChI=1S/C22H24F3N5O/c1-12-11-30(7-8-31-12)15-9-18-20(26-10-15)14(3)28-29-22(18)27-13(2)16-5-4-6-17(19(16)23)21(24)25/h4-6,9-10,12-13,21H,7-8,11H2,1-3H3,(H,27,29). The van der Waals surface area contributed by atoms with Crippen LogP contribution in [-0.2, 0) is 4.74 Å². The fourth-order valence-electron chi connectivity index (χ4n) is 3.84. The minimum atomic E-state index is -2.88. The molecule has 2 atom stereocenters. The van der Waals surface area contributed by atoms with Crippen LogP contribution in [0.5, 0.6) is 0 Å². The molecule has 2 unspecified atom stereocenters. The van der Waals surface area contributed by atoms with Gasteiger partial charge in [0.05, 0.1) is 47.4 Å². The minimum absolute atomic E-state index is 0.115. The molecule has 3 aromatic rings. The van der Waals surface area contributed by atoms with Gasteiger partial charge in [-0.3, -0.25) is 4.98 Å². The van der Waals surface area contributed by atoms with Gasteiger partial charge in [0.1, 0.15) is 5.82 Å². The second kappa shape index (κ2) is 8.66. The number of morpholine rings is 1. The van der Waals surface area contributed by atoms with Crippen molar-refractivity contribution in [3.05, 3.63) is 53.1 Å². The number of hydrogen-bond acceptors (Lipinski definition) is 6. The maximum Gasteiger partial charge on any atom is 0.266 e. The van der Waals surface area contributed by atoms with E-state index in [0.717, 1.165) is 30.2 Å². The van der Waals surface area contributed by atoms with Crippen LogP contribution in [0.3, 0.4) is 0 Å². The molecule has 0 spiro atoms. The fraction of sp³-hybridized carbons (Fsp3) is 0.409. The third-order valence-electron chi connectivity index (χ3n) is 5.49. The number of aromatic nitrogens is 3. The molecular weight excluding hydrogens is 407 g/mol. The third-order valence-corrected chi connectivity index (χ3v) is 5.49. The van der Waals surface area contributed by atoms with Gasteiger partial charge in [0.25, 0.3) is 6.43 Å². The SMILES string of the molecule is Cc1nnc(NC(C)c2cccc(C(F)F)c2F)c2cc(N3CCOC(C)C3)cnc12. The van der Waals surface area contributed by atoms with Crippen molar-refractivity contribution in [2.24, 2.45) is 0 Å². The van der Waals surface area contributed by atoms with Gasteiger partial charge in [0, 0.05) is 24.0 Å². The van der Waals surface area contributed by atoms with Crippen LogP contribution in [0, 0.1) is 12.7 Å². The van der Waals surface area contributed by atoms with Crippen molar-refractivity contribution in [2.75, 3.05) is 29.9 Å². The van der Waals surface area contributed by atoms with Crippen molar-refractivity contribution < 1.29 is 17.9 Å². The summed E-state index contributed by atoms with van der Waals surface area (Å²) in [5.41, 5.74) is 1.80. The van der Waals surface area contributed by atoms with Crippen molar-refractivity contribution in [3.8, 4) is 0 Å². The Morgan fingerprint density at radius 2 is 2.00 bits per heavy atom. The van der Waals surface area contributed by atoms with E-state index in [-0.39, 0.29) is 11.7 Å². The summed E-state index contributed by atoms with van der Waals surface area (Å²) in [7, 11) is 0. The zero-order valence-electron chi connectivity index (χ0n) is 17.6. The monoisotopic (exact) mass is 431 g/mol. The Labute approximate surface area is 178 Å². The number of aryl methyl sites for hydroxylation is 1. The van der Waals surface area contributed by atoms with E-state index >= 15 is 0 Å². The van der Waals surface area contributed by atoms with Gasteiger partial charge in [-0.2, -0.15) is 5.10 Å². The highest BCUT2D eigenvalue weighted by atomic mass is 19.3. The zero-order valence-corrected chi connectivity index (χ0v) is 17.6. The van der Waals surface area contributed by atoms with Crippen LogP contribution in [0.25, 0.3) is 10.9 Å². The number of alkyl halides is 2. The number of ether oxygens (including phenoxy) is 1. The van der Waals surface area contributed by atoms with E-state index in [1.54, 1.807) is 13.1 Å². The van der Waals surface area contributed by atoms with E-state index in [1.165, 1.54) is 12.1 Å². The smallest absolute Gasteiger partial charge is 0.266 e. The fourth-order valence-corrected chi connectivity index (χ4v) is 3.84. The van der Waals surface area contributed by atoms with Crippen molar-refractivity contribution >= 4 is 22.4 Å². The Hall–Kier alpha value is -2.94. The number of anilines is 2. The Morgan fingerprint density at radius 3 is 2.74 bits per heavy atom. The largest absolute Gasteiger partial charge is 0.375 e. The molecule has 9 heteroatoms. The second-order valence-corrected chi connectivity index (χ2v) is 7.77. The summed E-state index contributed by atoms with van der Waals surface area (Å²) in [6.07, 6.45) is -0.965. The summed E-state index contributed by atoms with van der Waals surface area (Å²) >= 11 is 0. The first-order valence-electron chi connectivity index (χ1n) is 10.2. The highest BCUT2D eigenvalue weighted by molar-refractivity contribution is 5.92. The van der Waals surface area contributed by atoms with Crippen LogP contribution in [0.15, 0.2) is 30.5 Å². The highest BCUT2D eigenvalue weighted by Gasteiger charge is 2.22. The Kier molecular flexibility index (Phi) is 5.95. The van der Waals surface area contributed by atoms with Crippen molar-refractivity contribution in [1.29, 1.82) is 0 Å². The number of benzene rings is 1. The van der Waals surface area contributed by atoms with E-state index in [4.69, 9.17) is 4.74 Å². The molecule has 164 valence electrons. The lowest BCUT2D eigenvalue weighted by molar-refractivity contribution is 0.0532. The van der Waals surface area contributed by atoms with Crippen LogP contribution in [0.2, 0.25) is 0 Å². The van der Waals surface area contributed by atoms with Crippen LogP contribution in [0.4, 0.5) is 24.7 Å². The first kappa shape index (κ1) is 21.3. The Morgan fingerprint density at radius 1 is 1.23 bits per heavy atom. The predicted octanol–water partition coefficient (Wildman–Crippen LogP) is 4.81. The summed E-state index contributed by atoms with van der Waals surface area (Å²) in [6.45, 7) is 7.66. The molecule has 1 aromatic carbocycles. The van der Waals surface area contributed by atoms with E-state index in [1.807, 2.05) is 19.9 Å². The van der Waals surface area contributed by atoms with Crippen molar-refractivity contribution in [1.82, 2.24) is 15.2 Å². The van der Waals surface area contributed by atoms with Gasteiger partial charge in [0.15, 0.2) is 5.82 Å². The van der Waals surface area contributed by atoms with Crippen LogP contribution < -0.4 is 10.2 Å². The number of rotatable bonds is 5. The molecule has 1 saturated heterocycles. The first-order valence-corrected chi connectivity index (χ1v) is 10.2. The number of hydrogen-bond donors (Lipinski definition) is 1. The molecule has 31 heavy (non-hydrogen) atoms. The molecule has 0 saturated carbocycles. The molecule has 0 radical (unpaired) electrons. The van der Waals surface area contributed by atoms with Gasteiger partial charge < -0.3 is 15.0 Å². The van der Waals surface area contributed by atoms with E-state index in [9.17, 15) is 13.2 Å². The lowest BCUT2D eigenvalue weighted by Crippen LogP contribution is -2.41. The van der Waals surface area contributed by atoms with E-state index in [0.29, 0.717) is 23.6 Å². The van der Waals surface area contributed by atoms with Crippen molar-refractivity contribution in [2.45, 2.75) is 39.3 Å². The Balaban J connectivity index is 1.69. The summed E-state index contributed by atoms with van der Waals surface area (Å²) in [6, 6.07) is 5.38. The lowest BCUT2D eigenvalue weighted by atomic mass is 10.0. The molecule has 2 aromatic heterocycles. The molecule has 1 N–H and O–H groups in total.